The fraction of sp³-hybridized carbons (Fsp3) is 0. The van der Waals surface area contributed by atoms with E-state index in [2.05, 4.69) is 137 Å². The molecule has 0 aliphatic carbocycles. The Labute approximate surface area is 277 Å². The summed E-state index contributed by atoms with van der Waals surface area (Å²) in [5, 5.41) is 25.1. The molecule has 0 amide bonds. The van der Waals surface area contributed by atoms with Crippen molar-refractivity contribution >= 4 is 43.6 Å². The molecule has 7 aromatic carbocycles. The predicted molar refractivity (Wildman–Crippen MR) is 195 cm³/mol. The first-order chi connectivity index (χ1) is 23.8. The summed E-state index contributed by atoms with van der Waals surface area (Å²) in [6.45, 7) is 0. The van der Waals surface area contributed by atoms with Crippen molar-refractivity contribution in [2.24, 2.45) is 0 Å². The number of nitriles is 2. The molecule has 0 spiro atoms. The lowest BCUT2D eigenvalue weighted by Crippen LogP contribution is -2.00. The lowest BCUT2D eigenvalue weighted by Gasteiger charge is -2.18. The van der Waals surface area contributed by atoms with Crippen LogP contribution in [0, 0.1) is 22.7 Å². The lowest BCUT2D eigenvalue weighted by atomic mass is 9.89. The van der Waals surface area contributed by atoms with E-state index in [4.69, 9.17) is 0 Å². The maximum atomic E-state index is 10.5. The van der Waals surface area contributed by atoms with E-state index in [0.717, 1.165) is 66.5 Å². The minimum absolute atomic E-state index is 0.599. The minimum atomic E-state index is 0.599. The third-order valence-corrected chi connectivity index (χ3v) is 9.41. The largest absolute Gasteiger partial charge is 0.309 e. The van der Waals surface area contributed by atoms with E-state index in [1.165, 1.54) is 10.8 Å². The van der Waals surface area contributed by atoms with Crippen LogP contribution >= 0.6 is 0 Å². The Bertz CT molecular complexity index is 2760. The number of hydrogen-bond acceptors (Lipinski definition) is 2. The van der Waals surface area contributed by atoms with Crippen LogP contribution in [0.15, 0.2) is 158 Å². The second-order valence-corrected chi connectivity index (χ2v) is 11.9. The fourth-order valence-corrected chi connectivity index (χ4v) is 7.44. The average Bonchev–Trinajstić information content (AvgIpc) is 3.68. The first kappa shape index (κ1) is 27.4. The van der Waals surface area contributed by atoms with Gasteiger partial charge in [0, 0.05) is 38.4 Å². The number of hydrogen-bond donors (Lipinski definition) is 0. The molecule has 0 saturated carbocycles. The molecule has 4 nitrogen and oxygen atoms in total. The first-order valence-corrected chi connectivity index (χ1v) is 15.9. The summed E-state index contributed by atoms with van der Waals surface area (Å²) in [6, 6.07) is 58.8. The van der Waals surface area contributed by atoms with E-state index >= 15 is 0 Å². The molecule has 9 aromatic rings. The van der Waals surface area contributed by atoms with Crippen LogP contribution < -0.4 is 0 Å². The summed E-state index contributed by atoms with van der Waals surface area (Å²) in [6.07, 6.45) is 0. The van der Waals surface area contributed by atoms with Crippen molar-refractivity contribution in [2.45, 2.75) is 0 Å². The summed E-state index contributed by atoms with van der Waals surface area (Å²) in [5.74, 6) is 0. The van der Waals surface area contributed by atoms with Gasteiger partial charge >= 0.3 is 0 Å². The third kappa shape index (κ3) is 4.01. The van der Waals surface area contributed by atoms with Gasteiger partial charge in [0.05, 0.1) is 45.0 Å². The molecule has 0 saturated heterocycles. The summed E-state index contributed by atoms with van der Waals surface area (Å²) in [7, 11) is 0. The molecule has 4 heteroatoms. The van der Waals surface area contributed by atoms with Gasteiger partial charge in [-0.15, -0.1) is 0 Å². The number of para-hydroxylation sites is 5. The van der Waals surface area contributed by atoms with Crippen LogP contribution in [-0.4, -0.2) is 9.13 Å². The van der Waals surface area contributed by atoms with E-state index in [-0.39, 0.29) is 0 Å². The number of rotatable bonds is 4. The van der Waals surface area contributed by atoms with Crippen molar-refractivity contribution in [1.82, 2.24) is 9.13 Å². The van der Waals surface area contributed by atoms with Crippen LogP contribution in [0.3, 0.4) is 0 Å². The van der Waals surface area contributed by atoms with Crippen LogP contribution in [0.5, 0.6) is 0 Å². The van der Waals surface area contributed by atoms with E-state index in [1.54, 1.807) is 0 Å². The molecule has 0 fully saturated rings. The molecule has 0 bridgehead atoms. The maximum Gasteiger partial charge on any atom is 0.101 e. The summed E-state index contributed by atoms with van der Waals surface area (Å²) < 4.78 is 4.51. The molecule has 0 radical (unpaired) electrons. The SMILES string of the molecule is N#Cc1cccc(-c2ccccc2-n2c3ccccc3c3ccccc32)c1-c1cccc(-n2c3ccccc3c3cccc(C#N)c32)c1. The Balaban J connectivity index is 1.31. The Morgan fingerprint density at radius 2 is 0.938 bits per heavy atom. The van der Waals surface area contributed by atoms with Gasteiger partial charge in [-0.2, -0.15) is 10.5 Å². The summed E-state index contributed by atoms with van der Waals surface area (Å²) >= 11 is 0. The van der Waals surface area contributed by atoms with Crippen molar-refractivity contribution in [3.8, 4) is 45.8 Å². The molecule has 9 rings (SSSR count). The molecule has 2 heterocycles. The molecule has 0 aliphatic rings. The Morgan fingerprint density at radius 1 is 0.417 bits per heavy atom. The average molecular weight is 611 g/mol. The van der Waals surface area contributed by atoms with Gasteiger partial charge in [-0.1, -0.05) is 109 Å². The molecule has 48 heavy (non-hydrogen) atoms. The Morgan fingerprint density at radius 3 is 1.65 bits per heavy atom. The van der Waals surface area contributed by atoms with E-state index in [0.29, 0.717) is 11.1 Å². The van der Waals surface area contributed by atoms with Crippen molar-refractivity contribution in [3.05, 3.63) is 169 Å². The van der Waals surface area contributed by atoms with Crippen molar-refractivity contribution < 1.29 is 0 Å². The monoisotopic (exact) mass is 610 g/mol. The number of aromatic nitrogens is 2. The number of benzene rings is 7. The lowest BCUT2D eigenvalue weighted by molar-refractivity contribution is 1.17. The summed E-state index contributed by atoms with van der Waals surface area (Å²) in [5.41, 5.74) is 11.2. The summed E-state index contributed by atoms with van der Waals surface area (Å²) in [4.78, 5) is 0. The van der Waals surface area contributed by atoms with Gasteiger partial charge in [0.25, 0.3) is 0 Å². The smallest absolute Gasteiger partial charge is 0.101 e. The van der Waals surface area contributed by atoms with Crippen LogP contribution in [0.2, 0.25) is 0 Å². The van der Waals surface area contributed by atoms with E-state index < -0.39 is 0 Å². The zero-order valence-corrected chi connectivity index (χ0v) is 25.8. The van der Waals surface area contributed by atoms with Crippen LogP contribution in [0.1, 0.15) is 11.1 Å². The Hall–Kier alpha value is -6.88. The minimum Gasteiger partial charge on any atom is -0.309 e. The highest BCUT2D eigenvalue weighted by Gasteiger charge is 2.20. The zero-order valence-electron chi connectivity index (χ0n) is 25.8. The van der Waals surface area contributed by atoms with Gasteiger partial charge < -0.3 is 9.13 Å². The molecule has 0 N–H and O–H groups in total. The second kappa shape index (κ2) is 10.9. The second-order valence-electron chi connectivity index (χ2n) is 11.9. The number of nitrogens with zero attached hydrogens (tertiary/aromatic N) is 4. The molecule has 0 aliphatic heterocycles. The van der Waals surface area contributed by atoms with Gasteiger partial charge in [0.2, 0.25) is 0 Å². The fourth-order valence-electron chi connectivity index (χ4n) is 7.44. The highest BCUT2D eigenvalue weighted by atomic mass is 15.0. The van der Waals surface area contributed by atoms with Gasteiger partial charge in [0.15, 0.2) is 0 Å². The van der Waals surface area contributed by atoms with Gasteiger partial charge in [-0.05, 0) is 59.7 Å². The highest BCUT2D eigenvalue weighted by molar-refractivity contribution is 6.11. The van der Waals surface area contributed by atoms with Gasteiger partial charge in [0.1, 0.15) is 6.07 Å². The Kier molecular flexibility index (Phi) is 6.22. The van der Waals surface area contributed by atoms with Crippen LogP contribution in [0.25, 0.3) is 77.2 Å². The van der Waals surface area contributed by atoms with Crippen LogP contribution in [0.4, 0.5) is 0 Å². The quantitative estimate of drug-likeness (QED) is 0.199. The molecule has 2 aromatic heterocycles. The van der Waals surface area contributed by atoms with E-state index in [9.17, 15) is 10.5 Å². The molecule has 0 atom stereocenters. The molecule has 0 unspecified atom stereocenters. The zero-order chi connectivity index (χ0) is 32.2. The van der Waals surface area contributed by atoms with Gasteiger partial charge in [-0.3, -0.25) is 0 Å². The molecular formula is C44H26N4. The van der Waals surface area contributed by atoms with Crippen LogP contribution in [-0.2, 0) is 0 Å². The number of fused-ring (bicyclic) bond motifs is 6. The standard InChI is InChI=1S/C44H26N4/c45-27-30-13-10-20-37(35-18-3-8-25-42(35)48-40-23-6-1-16-33(40)34-17-2-7-24-41(34)48)43(30)29-12-9-15-32(26-29)47-39-22-5-4-19-36(39)38-21-11-14-31(28-46)44(38)47/h1-26H. The predicted octanol–water partition coefficient (Wildman–Crippen LogP) is 11.0. The van der Waals surface area contributed by atoms with Crippen molar-refractivity contribution in [3.63, 3.8) is 0 Å². The van der Waals surface area contributed by atoms with Crippen molar-refractivity contribution in [2.75, 3.05) is 0 Å². The van der Waals surface area contributed by atoms with Crippen molar-refractivity contribution in [1.29, 1.82) is 10.5 Å². The van der Waals surface area contributed by atoms with E-state index in [1.807, 2.05) is 42.5 Å². The normalized spacial score (nSPS) is 11.3. The molecular weight excluding hydrogens is 585 g/mol. The third-order valence-electron chi connectivity index (χ3n) is 9.41. The van der Waals surface area contributed by atoms with Gasteiger partial charge in [-0.25, -0.2) is 0 Å². The molecule has 222 valence electrons. The first-order valence-electron chi connectivity index (χ1n) is 15.9. The topological polar surface area (TPSA) is 57.4 Å². The highest BCUT2D eigenvalue weighted by Crippen LogP contribution is 2.42. The maximum absolute atomic E-state index is 10.5.